The number of methoxy groups -OCH3 is 1. The van der Waals surface area contributed by atoms with Gasteiger partial charge in [-0.05, 0) is 55.2 Å². The number of fused-ring (bicyclic) bond motifs is 1. The van der Waals surface area contributed by atoms with E-state index in [2.05, 4.69) is 15.5 Å². The largest absolute Gasteiger partial charge is 0.438 e. The molecule has 1 aliphatic heterocycles. The summed E-state index contributed by atoms with van der Waals surface area (Å²) in [6, 6.07) is 0.154. The van der Waals surface area contributed by atoms with Crippen LogP contribution in [0.1, 0.15) is 90.5 Å². The van der Waals surface area contributed by atoms with E-state index in [4.69, 9.17) is 13.7 Å². The molecule has 1 aromatic carbocycles. The monoisotopic (exact) mass is 625 g/mol. The standard InChI is InChI=1S/C29H32F5N5O5/c1-42-14-20(39-12-22(29(32,33)34)36-27(39)41)17-5-6-21-19(11-17)35-26(44-21)23(16-7-9-28(30,31)10-8-16)37-25(40)24-18(13-43-38-24)15-3-2-4-15/h5-6,11,13,15-16,20,22-23H,2-4,7-10,12,14H2,1H3,(H,36,41)(H,37,40)/t20-,22+,23+/m1/s1. The number of ether oxygens (including phenoxy) is 1. The van der Waals surface area contributed by atoms with Gasteiger partial charge in [0.2, 0.25) is 11.8 Å². The summed E-state index contributed by atoms with van der Waals surface area (Å²) in [6.45, 7) is -0.673. The highest BCUT2D eigenvalue weighted by atomic mass is 19.4. The summed E-state index contributed by atoms with van der Waals surface area (Å²) in [5.41, 5.74) is 1.94. The molecule has 238 valence electrons. The number of carbonyl (C=O) groups is 2. The summed E-state index contributed by atoms with van der Waals surface area (Å²) >= 11 is 0. The summed E-state index contributed by atoms with van der Waals surface area (Å²) in [7, 11) is 1.38. The van der Waals surface area contributed by atoms with Crippen LogP contribution >= 0.6 is 0 Å². The van der Waals surface area contributed by atoms with E-state index in [-0.39, 0.29) is 49.8 Å². The van der Waals surface area contributed by atoms with Gasteiger partial charge in [-0.2, -0.15) is 13.2 Å². The van der Waals surface area contributed by atoms with Gasteiger partial charge in [0.25, 0.3) is 5.91 Å². The van der Waals surface area contributed by atoms with Crippen molar-refractivity contribution in [2.24, 2.45) is 5.92 Å². The van der Waals surface area contributed by atoms with Gasteiger partial charge in [-0.1, -0.05) is 17.6 Å². The zero-order chi connectivity index (χ0) is 31.2. The molecule has 2 aliphatic carbocycles. The Morgan fingerprint density at radius 1 is 1.23 bits per heavy atom. The molecule has 6 rings (SSSR count). The maximum absolute atomic E-state index is 14.1. The minimum atomic E-state index is -4.61. The van der Waals surface area contributed by atoms with E-state index in [1.54, 1.807) is 18.2 Å². The molecule has 15 heteroatoms. The molecule has 3 aromatic rings. The average molecular weight is 626 g/mol. The van der Waals surface area contributed by atoms with Crippen molar-refractivity contribution in [3.05, 3.63) is 47.2 Å². The van der Waals surface area contributed by atoms with E-state index in [1.165, 1.54) is 13.4 Å². The Labute approximate surface area is 248 Å². The number of hydrogen-bond acceptors (Lipinski definition) is 7. The maximum atomic E-state index is 14.1. The summed E-state index contributed by atoms with van der Waals surface area (Å²) in [4.78, 5) is 31.6. The number of oxazole rings is 1. The number of rotatable bonds is 9. The number of alkyl halides is 5. The van der Waals surface area contributed by atoms with Crippen molar-refractivity contribution in [3.63, 3.8) is 0 Å². The first-order valence-corrected chi connectivity index (χ1v) is 14.6. The van der Waals surface area contributed by atoms with Crippen molar-refractivity contribution in [2.75, 3.05) is 20.3 Å². The fourth-order valence-electron chi connectivity index (χ4n) is 6.25. The lowest BCUT2D eigenvalue weighted by Gasteiger charge is -2.32. The average Bonchev–Trinajstić information content (AvgIpc) is 3.67. The quantitative estimate of drug-likeness (QED) is 0.279. The second-order valence-corrected chi connectivity index (χ2v) is 11.8. The smallest absolute Gasteiger partial charge is 0.410 e. The molecule has 1 saturated heterocycles. The van der Waals surface area contributed by atoms with E-state index >= 15 is 0 Å². The molecule has 3 atom stereocenters. The van der Waals surface area contributed by atoms with Crippen molar-refractivity contribution in [3.8, 4) is 0 Å². The molecule has 0 radical (unpaired) electrons. The van der Waals surface area contributed by atoms with Crippen molar-refractivity contribution in [1.82, 2.24) is 25.7 Å². The Kier molecular flexibility index (Phi) is 8.01. The van der Waals surface area contributed by atoms with Crippen LogP contribution in [0.4, 0.5) is 26.7 Å². The zero-order valence-electron chi connectivity index (χ0n) is 23.8. The second kappa shape index (κ2) is 11.6. The highest BCUT2D eigenvalue weighted by Crippen LogP contribution is 2.43. The lowest BCUT2D eigenvalue weighted by Crippen LogP contribution is -2.40. The molecule has 3 fully saturated rings. The van der Waals surface area contributed by atoms with Gasteiger partial charge in [-0.25, -0.2) is 18.6 Å². The van der Waals surface area contributed by atoms with E-state index < -0.39 is 54.6 Å². The fourth-order valence-corrected chi connectivity index (χ4v) is 6.25. The fraction of sp³-hybridized carbons (Fsp3) is 0.586. The number of nitrogens with one attached hydrogen (secondary N) is 2. The molecule has 3 aliphatic rings. The molecule has 0 bridgehead atoms. The SMILES string of the molecule is COC[C@H](c1ccc2oc([C@@H](NC(=O)c3nocc3C3CCC3)C3CCC(F)(F)CC3)nc2c1)N1C[C@@H](C(F)(F)F)NC1=O. The van der Waals surface area contributed by atoms with Crippen molar-refractivity contribution in [2.45, 2.75) is 81.1 Å². The minimum absolute atomic E-state index is 0.0792. The molecule has 3 amide bonds. The second-order valence-electron chi connectivity index (χ2n) is 11.8. The molecule has 3 heterocycles. The van der Waals surface area contributed by atoms with Crippen LogP contribution in [0.2, 0.25) is 0 Å². The number of halogens is 5. The van der Waals surface area contributed by atoms with Gasteiger partial charge in [0, 0.05) is 25.5 Å². The topological polar surface area (TPSA) is 123 Å². The third-order valence-corrected chi connectivity index (χ3v) is 8.99. The Morgan fingerprint density at radius 2 is 1.98 bits per heavy atom. The minimum Gasteiger partial charge on any atom is -0.438 e. The van der Waals surface area contributed by atoms with Gasteiger partial charge in [0.15, 0.2) is 11.3 Å². The Morgan fingerprint density at radius 3 is 2.61 bits per heavy atom. The predicted octanol–water partition coefficient (Wildman–Crippen LogP) is 6.02. The number of urea groups is 1. The number of carbonyl (C=O) groups excluding carboxylic acids is 2. The molecular weight excluding hydrogens is 593 g/mol. The Balaban J connectivity index is 1.29. The summed E-state index contributed by atoms with van der Waals surface area (Å²) in [5.74, 6) is -3.45. The third kappa shape index (κ3) is 5.97. The summed E-state index contributed by atoms with van der Waals surface area (Å²) in [5, 5.41) is 8.79. The van der Waals surface area contributed by atoms with Crippen molar-refractivity contribution >= 4 is 23.0 Å². The summed E-state index contributed by atoms with van der Waals surface area (Å²) < 4.78 is 84.5. The van der Waals surface area contributed by atoms with Gasteiger partial charge in [-0.3, -0.25) is 4.79 Å². The highest BCUT2D eigenvalue weighted by Gasteiger charge is 2.48. The molecular formula is C29H32F5N5O5. The molecule has 44 heavy (non-hydrogen) atoms. The Hall–Kier alpha value is -3.75. The maximum Gasteiger partial charge on any atom is 0.410 e. The van der Waals surface area contributed by atoms with Gasteiger partial charge in [0.05, 0.1) is 19.2 Å². The van der Waals surface area contributed by atoms with Crippen LogP contribution < -0.4 is 10.6 Å². The van der Waals surface area contributed by atoms with Crippen LogP contribution in [0.3, 0.4) is 0 Å². The molecule has 0 spiro atoms. The van der Waals surface area contributed by atoms with E-state index in [9.17, 15) is 31.5 Å². The van der Waals surface area contributed by atoms with Gasteiger partial charge < -0.3 is 29.2 Å². The summed E-state index contributed by atoms with van der Waals surface area (Å²) in [6.07, 6.45) is -0.733. The van der Waals surface area contributed by atoms with Crippen LogP contribution in [0.25, 0.3) is 11.1 Å². The number of benzene rings is 1. The van der Waals surface area contributed by atoms with E-state index in [0.717, 1.165) is 24.2 Å². The molecule has 10 nitrogen and oxygen atoms in total. The number of aromatic nitrogens is 2. The van der Waals surface area contributed by atoms with Crippen LogP contribution in [0, 0.1) is 5.92 Å². The first kappa shape index (κ1) is 30.3. The Bertz CT molecular complexity index is 1510. The molecule has 2 saturated carbocycles. The highest BCUT2D eigenvalue weighted by molar-refractivity contribution is 5.94. The first-order chi connectivity index (χ1) is 20.9. The predicted molar refractivity (Wildman–Crippen MR) is 144 cm³/mol. The first-order valence-electron chi connectivity index (χ1n) is 14.6. The van der Waals surface area contributed by atoms with Gasteiger partial charge in [0.1, 0.15) is 23.9 Å². The van der Waals surface area contributed by atoms with Crippen LogP contribution in [0.15, 0.2) is 33.4 Å². The zero-order valence-corrected chi connectivity index (χ0v) is 23.8. The molecule has 0 unspecified atom stereocenters. The number of hydrogen-bond donors (Lipinski definition) is 2. The normalized spacial score (nSPS) is 22.5. The van der Waals surface area contributed by atoms with Crippen molar-refractivity contribution in [1.29, 1.82) is 0 Å². The molecule has 2 aromatic heterocycles. The van der Waals surface area contributed by atoms with E-state index in [0.29, 0.717) is 22.2 Å². The van der Waals surface area contributed by atoms with Gasteiger partial charge >= 0.3 is 12.2 Å². The lowest BCUT2D eigenvalue weighted by molar-refractivity contribution is -0.150. The lowest BCUT2D eigenvalue weighted by atomic mass is 9.80. The number of nitrogens with zero attached hydrogens (tertiary/aromatic N) is 3. The molecule has 2 N–H and O–H groups in total. The van der Waals surface area contributed by atoms with Crippen LogP contribution in [0.5, 0.6) is 0 Å². The number of amides is 3. The van der Waals surface area contributed by atoms with Gasteiger partial charge in [-0.15, -0.1) is 0 Å². The third-order valence-electron chi connectivity index (χ3n) is 8.99. The van der Waals surface area contributed by atoms with Crippen LogP contribution in [-0.2, 0) is 4.74 Å². The van der Waals surface area contributed by atoms with Crippen LogP contribution in [-0.4, -0.2) is 65.4 Å². The van der Waals surface area contributed by atoms with E-state index in [1.807, 2.05) is 5.32 Å². The van der Waals surface area contributed by atoms with Crippen molar-refractivity contribution < 1.29 is 45.2 Å².